The van der Waals surface area contributed by atoms with Gasteiger partial charge >= 0.3 is 11.8 Å². The maximum atomic E-state index is 14.3. The molecule has 0 bridgehead atoms. The van der Waals surface area contributed by atoms with E-state index in [1.54, 1.807) is 0 Å². The number of hydrogen-bond acceptors (Lipinski definition) is 6. The van der Waals surface area contributed by atoms with E-state index in [0.29, 0.717) is 6.07 Å². The molecule has 15 heteroatoms. The number of anilines is 1. The summed E-state index contributed by atoms with van der Waals surface area (Å²) in [6, 6.07) is 0.462. The van der Waals surface area contributed by atoms with Gasteiger partial charge in [-0.15, -0.1) is 0 Å². The van der Waals surface area contributed by atoms with E-state index in [1.165, 1.54) is 6.92 Å². The first kappa shape index (κ1) is 27.1. The quantitative estimate of drug-likeness (QED) is 0.166. The van der Waals surface area contributed by atoms with Crippen LogP contribution < -0.4 is 27.6 Å². The van der Waals surface area contributed by atoms with Gasteiger partial charge in [-0.05, 0) is 25.5 Å². The summed E-state index contributed by atoms with van der Waals surface area (Å²) in [6.07, 6.45) is -4.13. The van der Waals surface area contributed by atoms with E-state index in [9.17, 15) is 40.7 Å². The topological polar surface area (TPSA) is 143 Å². The first-order chi connectivity index (χ1) is 16.7. The molecule has 0 aromatic heterocycles. The second-order valence-electron chi connectivity index (χ2n) is 8.76. The lowest BCUT2D eigenvalue weighted by atomic mass is 9.71. The van der Waals surface area contributed by atoms with E-state index in [4.69, 9.17) is 11.6 Å². The molecule has 2 unspecified atom stereocenters. The molecule has 1 heterocycles. The van der Waals surface area contributed by atoms with Crippen LogP contribution in [-0.2, 0) is 14.4 Å². The van der Waals surface area contributed by atoms with E-state index in [0.717, 1.165) is 17.2 Å². The molecule has 0 radical (unpaired) electrons. The highest BCUT2D eigenvalue weighted by Gasteiger charge is 2.59. The number of halogens is 6. The van der Waals surface area contributed by atoms with E-state index >= 15 is 0 Å². The summed E-state index contributed by atoms with van der Waals surface area (Å²) in [5.41, 5.74) is 3.75. The number of hydrogen-bond donors (Lipinski definition) is 5. The molecule has 1 saturated carbocycles. The summed E-state index contributed by atoms with van der Waals surface area (Å²) in [5, 5.41) is 4.33. The minimum absolute atomic E-state index is 0.0267. The second kappa shape index (κ2) is 9.87. The van der Waals surface area contributed by atoms with Crippen molar-refractivity contribution in [1.29, 1.82) is 0 Å². The van der Waals surface area contributed by atoms with E-state index in [1.807, 2.05) is 0 Å². The van der Waals surface area contributed by atoms with Crippen molar-refractivity contribution in [1.82, 2.24) is 15.6 Å². The van der Waals surface area contributed by atoms with Crippen molar-refractivity contribution in [2.24, 2.45) is 17.5 Å². The fraction of sp³-hybridized carbons (Fsp3) is 0.476. The lowest BCUT2D eigenvalue weighted by Crippen LogP contribution is -2.66. The molecule has 1 aromatic rings. The third-order valence-electron chi connectivity index (χ3n) is 6.41. The molecule has 3 rings (SSSR count). The zero-order valence-corrected chi connectivity index (χ0v) is 18.9. The van der Waals surface area contributed by atoms with Crippen LogP contribution in [0.2, 0.25) is 0 Å². The van der Waals surface area contributed by atoms with E-state index in [-0.39, 0.29) is 18.7 Å². The molecule has 0 spiro atoms. The number of alkyl halides is 4. The molecule has 198 valence electrons. The van der Waals surface area contributed by atoms with Gasteiger partial charge in [0.1, 0.15) is 5.82 Å². The van der Waals surface area contributed by atoms with Gasteiger partial charge in [-0.3, -0.25) is 20.2 Å². The Morgan fingerprint density at radius 2 is 1.83 bits per heavy atom. The molecule has 36 heavy (non-hydrogen) atoms. The fourth-order valence-electron chi connectivity index (χ4n) is 4.49. The van der Waals surface area contributed by atoms with Crippen LogP contribution in [0.1, 0.15) is 38.2 Å². The van der Waals surface area contributed by atoms with Crippen molar-refractivity contribution < 1.29 is 40.7 Å². The van der Waals surface area contributed by atoms with Crippen LogP contribution in [0.15, 0.2) is 24.0 Å². The molecule has 9 nitrogen and oxygen atoms in total. The van der Waals surface area contributed by atoms with Gasteiger partial charge < -0.3 is 26.7 Å². The Morgan fingerprint density at radius 3 is 2.39 bits per heavy atom. The predicted octanol–water partition coefficient (Wildman–Crippen LogP) is 1.63. The SMILES string of the molecule is CC1C(C(=O)Nc2ccc(F)c(C(F)F)c2F)CCN1C(=O)C(=O)NC1(/C(N)=C/NN)CC(F)(F)C1. The summed E-state index contributed by atoms with van der Waals surface area (Å²) < 4.78 is 80.8. The number of nitrogens with one attached hydrogen (secondary N) is 3. The monoisotopic (exact) mass is 522 g/mol. The van der Waals surface area contributed by atoms with Gasteiger partial charge in [-0.2, -0.15) is 0 Å². The number of hydrazine groups is 1. The van der Waals surface area contributed by atoms with Crippen LogP contribution in [0.4, 0.5) is 32.0 Å². The molecule has 1 saturated heterocycles. The summed E-state index contributed by atoms with van der Waals surface area (Å²) in [4.78, 5) is 39.1. The lowest BCUT2D eigenvalue weighted by Gasteiger charge is -2.47. The van der Waals surface area contributed by atoms with Crippen LogP contribution in [0.5, 0.6) is 0 Å². The zero-order chi connectivity index (χ0) is 27.0. The highest BCUT2D eigenvalue weighted by atomic mass is 19.3. The predicted molar refractivity (Wildman–Crippen MR) is 114 cm³/mol. The van der Waals surface area contributed by atoms with Crippen LogP contribution in [-0.4, -0.2) is 46.7 Å². The second-order valence-corrected chi connectivity index (χ2v) is 8.76. The smallest absolute Gasteiger partial charge is 0.312 e. The number of nitrogens with zero attached hydrogens (tertiary/aromatic N) is 1. The summed E-state index contributed by atoms with van der Waals surface area (Å²) in [5.74, 6) is -5.28. The number of carbonyl (C=O) groups is 3. The number of rotatable bonds is 6. The van der Waals surface area contributed by atoms with Crippen molar-refractivity contribution in [2.45, 2.75) is 50.1 Å². The van der Waals surface area contributed by atoms with Crippen LogP contribution >= 0.6 is 0 Å². The van der Waals surface area contributed by atoms with Crippen molar-refractivity contribution in [3.05, 3.63) is 41.2 Å². The van der Waals surface area contributed by atoms with Gasteiger partial charge in [-0.25, -0.2) is 26.3 Å². The average Bonchev–Trinajstić information content (AvgIpc) is 3.14. The van der Waals surface area contributed by atoms with Gasteiger partial charge in [0, 0.05) is 31.6 Å². The van der Waals surface area contributed by atoms with Crippen molar-refractivity contribution in [3.8, 4) is 0 Å². The Labute approximate surface area is 201 Å². The van der Waals surface area contributed by atoms with Crippen molar-refractivity contribution in [2.75, 3.05) is 11.9 Å². The number of carbonyl (C=O) groups excluding carboxylic acids is 3. The number of amides is 3. The molecular weight excluding hydrogens is 498 g/mol. The van der Waals surface area contributed by atoms with Crippen LogP contribution in [0, 0.1) is 17.6 Å². The average molecular weight is 522 g/mol. The maximum Gasteiger partial charge on any atom is 0.312 e. The summed E-state index contributed by atoms with van der Waals surface area (Å²) in [6.45, 7) is 1.34. The third-order valence-corrected chi connectivity index (χ3v) is 6.41. The Kier molecular flexibility index (Phi) is 7.43. The van der Waals surface area contributed by atoms with Gasteiger partial charge in [0.15, 0.2) is 5.82 Å². The number of nitrogens with two attached hydrogens (primary N) is 2. The lowest BCUT2D eigenvalue weighted by molar-refractivity contribution is -0.154. The highest BCUT2D eigenvalue weighted by Crippen LogP contribution is 2.48. The zero-order valence-electron chi connectivity index (χ0n) is 18.9. The third kappa shape index (κ3) is 5.05. The van der Waals surface area contributed by atoms with Crippen molar-refractivity contribution in [3.63, 3.8) is 0 Å². The molecule has 7 N–H and O–H groups in total. The number of benzene rings is 1. The standard InChI is InChI=1S/C21H24F6N6O3/c1-9-10(17(34)31-12-3-2-11(22)14(15(12)23)16(24)25)4-5-33(9)19(36)18(35)32-20(13(28)6-30-29)7-21(26,27)8-20/h2-3,6,9-10,16,30H,4-5,7-8,28-29H2,1H3,(H,31,34)(H,32,35)/b13-6-. The first-order valence-electron chi connectivity index (χ1n) is 10.7. The molecule has 1 aliphatic carbocycles. The van der Waals surface area contributed by atoms with Gasteiger partial charge in [0.25, 0.3) is 12.3 Å². The Bertz CT molecular complexity index is 1090. The Hall–Kier alpha value is -3.49. The maximum absolute atomic E-state index is 14.3. The van der Waals surface area contributed by atoms with Crippen LogP contribution in [0.3, 0.4) is 0 Å². The molecule has 2 fully saturated rings. The normalized spacial score (nSPS) is 22.7. The molecule has 1 aromatic carbocycles. The first-order valence-corrected chi connectivity index (χ1v) is 10.7. The van der Waals surface area contributed by atoms with Crippen LogP contribution in [0.25, 0.3) is 0 Å². The molecule has 2 aliphatic rings. The van der Waals surface area contributed by atoms with Gasteiger partial charge in [0.2, 0.25) is 5.91 Å². The Balaban J connectivity index is 1.69. The number of likely N-dealkylation sites (tertiary alicyclic amines) is 1. The molecule has 2 atom stereocenters. The van der Waals surface area contributed by atoms with Gasteiger partial charge in [-0.1, -0.05) is 0 Å². The summed E-state index contributed by atoms with van der Waals surface area (Å²) in [7, 11) is 0. The molecular formula is C21H24F6N6O3. The molecule has 1 aliphatic heterocycles. The van der Waals surface area contributed by atoms with E-state index < -0.39 is 83.3 Å². The van der Waals surface area contributed by atoms with Crippen molar-refractivity contribution >= 4 is 23.4 Å². The summed E-state index contributed by atoms with van der Waals surface area (Å²) >= 11 is 0. The van der Waals surface area contributed by atoms with E-state index in [2.05, 4.69) is 16.1 Å². The molecule has 3 amide bonds. The fourth-order valence-corrected chi connectivity index (χ4v) is 4.49. The highest BCUT2D eigenvalue weighted by molar-refractivity contribution is 6.35. The van der Waals surface area contributed by atoms with Gasteiger partial charge in [0.05, 0.1) is 28.4 Å². The largest absolute Gasteiger partial charge is 0.399 e. The minimum Gasteiger partial charge on any atom is -0.399 e. The minimum atomic E-state index is -3.46. The Morgan fingerprint density at radius 1 is 1.19 bits per heavy atom.